The van der Waals surface area contributed by atoms with Crippen molar-refractivity contribution in [2.45, 2.75) is 26.2 Å². The number of nitrogens with one attached hydrogen (secondary N) is 2. The Balaban J connectivity index is 1.82. The maximum atomic E-state index is 4.68. The molecule has 0 saturated heterocycles. The molecule has 0 fully saturated rings. The largest absolute Gasteiger partial charge is 0.357 e. The van der Waals surface area contributed by atoms with Gasteiger partial charge in [-0.15, -0.1) is 11.3 Å². The van der Waals surface area contributed by atoms with Gasteiger partial charge in [-0.3, -0.25) is 9.98 Å². The minimum Gasteiger partial charge on any atom is -0.357 e. The Hall–Kier alpha value is -1.88. The number of thiophene rings is 1. The van der Waals surface area contributed by atoms with Crippen molar-refractivity contribution in [1.29, 1.82) is 0 Å². The topological polar surface area (TPSA) is 49.3 Å². The van der Waals surface area contributed by atoms with Crippen LogP contribution in [0.15, 0.2) is 46.9 Å². The van der Waals surface area contributed by atoms with E-state index in [1.165, 1.54) is 4.88 Å². The number of rotatable bonds is 7. The number of pyridine rings is 1. The summed E-state index contributed by atoms with van der Waals surface area (Å²) in [5, 5.41) is 8.78. The highest BCUT2D eigenvalue weighted by molar-refractivity contribution is 7.10. The second-order valence-corrected chi connectivity index (χ2v) is 6.11. The lowest BCUT2D eigenvalue weighted by Gasteiger charge is -2.12. The fraction of sp³-hybridized carbons (Fsp3) is 0.412. The Kier molecular flexibility index (Phi) is 6.90. The summed E-state index contributed by atoms with van der Waals surface area (Å²) in [6.45, 7) is 6.78. The molecule has 0 saturated carbocycles. The van der Waals surface area contributed by atoms with E-state index < -0.39 is 0 Å². The molecule has 2 aromatic heterocycles. The zero-order chi connectivity index (χ0) is 15.6. The van der Waals surface area contributed by atoms with Crippen LogP contribution in [-0.4, -0.2) is 30.6 Å². The summed E-state index contributed by atoms with van der Waals surface area (Å²) >= 11 is 1.79. The van der Waals surface area contributed by atoms with Crippen LogP contribution >= 0.6 is 11.3 Å². The third-order valence-corrected chi connectivity index (χ3v) is 4.40. The van der Waals surface area contributed by atoms with E-state index in [1.54, 1.807) is 11.3 Å². The van der Waals surface area contributed by atoms with Crippen LogP contribution in [0.2, 0.25) is 0 Å². The fourth-order valence-electron chi connectivity index (χ4n) is 2.09. The minimum absolute atomic E-state index is 0.450. The Morgan fingerprint density at radius 3 is 2.86 bits per heavy atom. The molecule has 0 aliphatic rings. The molecule has 0 aliphatic carbocycles. The number of nitrogens with zero attached hydrogens (tertiary/aromatic N) is 2. The lowest BCUT2D eigenvalue weighted by Crippen LogP contribution is -2.38. The lowest BCUT2D eigenvalue weighted by atomic mass is 10.1. The predicted octanol–water partition coefficient (Wildman–Crippen LogP) is 3.04. The minimum atomic E-state index is 0.450. The summed E-state index contributed by atoms with van der Waals surface area (Å²) in [5.41, 5.74) is 1.10. The molecule has 0 aliphatic heterocycles. The quantitative estimate of drug-likeness (QED) is 0.610. The molecule has 0 radical (unpaired) electrons. The van der Waals surface area contributed by atoms with E-state index in [4.69, 9.17) is 0 Å². The summed E-state index contributed by atoms with van der Waals surface area (Å²) in [6.07, 6.45) is 2.73. The van der Waals surface area contributed by atoms with Gasteiger partial charge in [0, 0.05) is 42.2 Å². The Morgan fingerprint density at radius 1 is 1.27 bits per heavy atom. The second kappa shape index (κ2) is 9.20. The molecular formula is C17H24N4S. The average Bonchev–Trinajstić information content (AvgIpc) is 3.08. The first-order valence-electron chi connectivity index (χ1n) is 7.75. The first kappa shape index (κ1) is 16.5. The molecule has 22 heavy (non-hydrogen) atoms. The molecule has 2 rings (SSSR count). The predicted molar refractivity (Wildman–Crippen MR) is 94.7 cm³/mol. The van der Waals surface area contributed by atoms with Crippen molar-refractivity contribution in [3.8, 4) is 0 Å². The molecule has 0 aromatic carbocycles. The van der Waals surface area contributed by atoms with Crippen LogP contribution in [0.3, 0.4) is 0 Å². The molecule has 1 atom stereocenters. The van der Waals surface area contributed by atoms with Gasteiger partial charge in [-0.05, 0) is 30.5 Å². The third-order valence-electron chi connectivity index (χ3n) is 3.30. The monoisotopic (exact) mass is 316 g/mol. The van der Waals surface area contributed by atoms with E-state index in [-0.39, 0.29) is 0 Å². The van der Waals surface area contributed by atoms with Gasteiger partial charge < -0.3 is 10.6 Å². The highest BCUT2D eigenvalue weighted by Crippen LogP contribution is 2.20. The van der Waals surface area contributed by atoms with Crippen LogP contribution in [0.25, 0.3) is 0 Å². The van der Waals surface area contributed by atoms with Crippen molar-refractivity contribution in [3.05, 3.63) is 52.5 Å². The van der Waals surface area contributed by atoms with Crippen LogP contribution in [0.4, 0.5) is 0 Å². The molecule has 2 N–H and O–H groups in total. The van der Waals surface area contributed by atoms with E-state index in [1.807, 2.05) is 24.4 Å². The molecule has 0 spiro atoms. The first-order valence-corrected chi connectivity index (χ1v) is 8.63. The van der Waals surface area contributed by atoms with Crippen molar-refractivity contribution in [1.82, 2.24) is 15.6 Å². The van der Waals surface area contributed by atoms with E-state index in [9.17, 15) is 0 Å². The standard InChI is InChI=1S/C17H24N4S/c1-3-18-17(20-11-9-15-7-4-5-10-19-15)21-13-14(2)16-8-6-12-22-16/h4-8,10,12,14H,3,9,11,13H2,1-2H3,(H2,18,20,21). The summed E-state index contributed by atoms with van der Waals surface area (Å²) in [6, 6.07) is 10.3. The van der Waals surface area contributed by atoms with Crippen molar-refractivity contribution >= 4 is 17.3 Å². The molecule has 2 aromatic rings. The molecule has 1 unspecified atom stereocenters. The normalized spacial score (nSPS) is 12.9. The van der Waals surface area contributed by atoms with Gasteiger partial charge in [-0.25, -0.2) is 0 Å². The maximum Gasteiger partial charge on any atom is 0.191 e. The molecule has 0 amide bonds. The number of hydrogen-bond donors (Lipinski definition) is 2. The van der Waals surface area contributed by atoms with Gasteiger partial charge in [0.15, 0.2) is 5.96 Å². The maximum absolute atomic E-state index is 4.68. The highest BCUT2D eigenvalue weighted by Gasteiger charge is 2.06. The summed E-state index contributed by atoms with van der Waals surface area (Å²) in [4.78, 5) is 10.4. The summed E-state index contributed by atoms with van der Waals surface area (Å²) < 4.78 is 0. The van der Waals surface area contributed by atoms with E-state index in [0.717, 1.165) is 37.7 Å². The Labute approximate surface area is 136 Å². The number of guanidine groups is 1. The van der Waals surface area contributed by atoms with Gasteiger partial charge in [0.25, 0.3) is 0 Å². The highest BCUT2D eigenvalue weighted by atomic mass is 32.1. The van der Waals surface area contributed by atoms with Crippen LogP contribution in [0.1, 0.15) is 30.3 Å². The van der Waals surface area contributed by atoms with E-state index in [0.29, 0.717) is 5.92 Å². The molecular weight excluding hydrogens is 292 g/mol. The van der Waals surface area contributed by atoms with Crippen molar-refractivity contribution in [2.24, 2.45) is 4.99 Å². The fourth-order valence-corrected chi connectivity index (χ4v) is 2.86. The Morgan fingerprint density at radius 2 is 2.18 bits per heavy atom. The van der Waals surface area contributed by atoms with Crippen molar-refractivity contribution in [2.75, 3.05) is 19.6 Å². The number of hydrogen-bond acceptors (Lipinski definition) is 3. The second-order valence-electron chi connectivity index (χ2n) is 5.13. The van der Waals surface area contributed by atoms with Crippen LogP contribution in [-0.2, 0) is 6.42 Å². The van der Waals surface area contributed by atoms with Gasteiger partial charge in [0.2, 0.25) is 0 Å². The number of aliphatic imine (C=N–C) groups is 1. The molecule has 0 bridgehead atoms. The SMILES string of the molecule is CCNC(=NCC(C)c1cccs1)NCCc1ccccn1. The zero-order valence-electron chi connectivity index (χ0n) is 13.2. The van der Waals surface area contributed by atoms with Gasteiger partial charge in [-0.1, -0.05) is 19.1 Å². The smallest absolute Gasteiger partial charge is 0.191 e. The van der Waals surface area contributed by atoms with Gasteiger partial charge in [-0.2, -0.15) is 0 Å². The van der Waals surface area contributed by atoms with Crippen LogP contribution in [0, 0.1) is 0 Å². The van der Waals surface area contributed by atoms with E-state index >= 15 is 0 Å². The Bertz CT molecular complexity index is 551. The van der Waals surface area contributed by atoms with Gasteiger partial charge in [0.1, 0.15) is 0 Å². The van der Waals surface area contributed by atoms with Crippen LogP contribution in [0.5, 0.6) is 0 Å². The lowest BCUT2D eigenvalue weighted by molar-refractivity contribution is 0.751. The third kappa shape index (κ3) is 5.48. The number of aromatic nitrogens is 1. The molecule has 5 heteroatoms. The van der Waals surface area contributed by atoms with Crippen LogP contribution < -0.4 is 10.6 Å². The van der Waals surface area contributed by atoms with Crippen molar-refractivity contribution < 1.29 is 0 Å². The first-order chi connectivity index (χ1) is 10.8. The van der Waals surface area contributed by atoms with Crippen molar-refractivity contribution in [3.63, 3.8) is 0 Å². The van der Waals surface area contributed by atoms with E-state index in [2.05, 4.69) is 52.0 Å². The zero-order valence-corrected chi connectivity index (χ0v) is 14.1. The molecule has 2 heterocycles. The van der Waals surface area contributed by atoms with Gasteiger partial charge in [0.05, 0.1) is 6.54 Å². The molecule has 4 nitrogen and oxygen atoms in total. The van der Waals surface area contributed by atoms with Gasteiger partial charge >= 0.3 is 0 Å². The summed E-state index contributed by atoms with van der Waals surface area (Å²) in [5.74, 6) is 1.33. The molecule has 118 valence electrons. The summed E-state index contributed by atoms with van der Waals surface area (Å²) in [7, 11) is 0. The average molecular weight is 316 g/mol.